The molecule has 0 aliphatic rings. The maximum absolute atomic E-state index is 6.13. The van der Waals surface area contributed by atoms with Gasteiger partial charge in [-0.15, -0.1) is 11.3 Å². The minimum Gasteiger partial charge on any atom is -0.383 e. The van der Waals surface area contributed by atoms with E-state index in [4.69, 9.17) is 15.5 Å². The zero-order chi connectivity index (χ0) is 14.2. The van der Waals surface area contributed by atoms with Crippen molar-refractivity contribution in [1.29, 1.82) is 0 Å². The number of fused-ring (bicyclic) bond motifs is 1. The first-order valence-corrected chi connectivity index (χ1v) is 7.39. The average molecular weight is 279 g/mol. The summed E-state index contributed by atoms with van der Waals surface area (Å²) in [5.41, 5.74) is 6.88. The molecule has 0 amide bonds. The minimum atomic E-state index is -0.436. The van der Waals surface area contributed by atoms with E-state index in [1.165, 1.54) is 10.4 Å². The fourth-order valence-electron chi connectivity index (χ4n) is 2.43. The maximum Gasteiger partial charge on any atom is 0.164 e. The van der Waals surface area contributed by atoms with Crippen molar-refractivity contribution in [2.75, 3.05) is 12.8 Å². The van der Waals surface area contributed by atoms with E-state index in [0.29, 0.717) is 11.6 Å². The second-order valence-corrected chi connectivity index (χ2v) is 6.00. The molecular formula is C14H21N3OS. The Morgan fingerprint density at radius 2 is 1.84 bits per heavy atom. The fraction of sp³-hybridized carbons (Fsp3) is 0.571. The third-order valence-corrected chi connectivity index (χ3v) is 5.10. The predicted octanol–water partition coefficient (Wildman–Crippen LogP) is 3.55. The van der Waals surface area contributed by atoms with E-state index in [9.17, 15) is 0 Å². The van der Waals surface area contributed by atoms with Gasteiger partial charge in [0.2, 0.25) is 0 Å². The smallest absolute Gasteiger partial charge is 0.164 e. The van der Waals surface area contributed by atoms with Crippen LogP contribution in [0.25, 0.3) is 10.2 Å². The Hall–Kier alpha value is -1.20. The van der Waals surface area contributed by atoms with Gasteiger partial charge in [-0.25, -0.2) is 9.97 Å². The quantitative estimate of drug-likeness (QED) is 0.929. The van der Waals surface area contributed by atoms with Crippen LogP contribution in [0.5, 0.6) is 0 Å². The topological polar surface area (TPSA) is 61.0 Å². The maximum atomic E-state index is 6.13. The summed E-state index contributed by atoms with van der Waals surface area (Å²) in [4.78, 5) is 11.4. The molecule has 0 unspecified atom stereocenters. The third kappa shape index (κ3) is 2.11. The molecule has 4 nitrogen and oxygen atoms in total. The number of nitrogens with zero attached hydrogens (tertiary/aromatic N) is 2. The molecule has 0 bridgehead atoms. The fourth-order valence-corrected chi connectivity index (χ4v) is 3.47. The Labute approximate surface area is 118 Å². The Morgan fingerprint density at radius 3 is 2.37 bits per heavy atom. The number of anilines is 1. The first-order chi connectivity index (χ1) is 8.99. The van der Waals surface area contributed by atoms with E-state index in [0.717, 1.165) is 23.1 Å². The van der Waals surface area contributed by atoms with Crippen molar-refractivity contribution in [3.05, 3.63) is 16.3 Å². The number of nitrogen functional groups attached to an aromatic ring is 1. The molecule has 0 aromatic carbocycles. The predicted molar refractivity (Wildman–Crippen MR) is 80.6 cm³/mol. The summed E-state index contributed by atoms with van der Waals surface area (Å²) >= 11 is 1.67. The summed E-state index contributed by atoms with van der Waals surface area (Å²) in [5.74, 6) is 1.26. The number of aryl methyl sites for hydroxylation is 2. The van der Waals surface area contributed by atoms with Crippen LogP contribution in [0.2, 0.25) is 0 Å². The Balaban J connectivity index is 2.70. The summed E-state index contributed by atoms with van der Waals surface area (Å²) in [5, 5.41) is 0.989. The number of aromatic nitrogens is 2. The van der Waals surface area contributed by atoms with E-state index in [-0.39, 0.29) is 0 Å². The molecule has 5 heteroatoms. The zero-order valence-corrected chi connectivity index (χ0v) is 13.0. The van der Waals surface area contributed by atoms with Crippen molar-refractivity contribution < 1.29 is 4.74 Å². The van der Waals surface area contributed by atoms with Gasteiger partial charge < -0.3 is 10.5 Å². The van der Waals surface area contributed by atoms with Gasteiger partial charge in [-0.2, -0.15) is 0 Å². The van der Waals surface area contributed by atoms with Crippen molar-refractivity contribution in [3.63, 3.8) is 0 Å². The second kappa shape index (κ2) is 5.06. The van der Waals surface area contributed by atoms with Crippen LogP contribution >= 0.6 is 11.3 Å². The minimum absolute atomic E-state index is 0.436. The summed E-state index contributed by atoms with van der Waals surface area (Å²) < 4.78 is 5.69. The van der Waals surface area contributed by atoms with Gasteiger partial charge in [-0.1, -0.05) is 13.8 Å². The van der Waals surface area contributed by atoms with Gasteiger partial charge in [0.05, 0.1) is 5.39 Å². The number of thiophene rings is 1. The van der Waals surface area contributed by atoms with Crippen LogP contribution in [0.4, 0.5) is 5.82 Å². The molecule has 0 atom stereocenters. The summed E-state index contributed by atoms with van der Waals surface area (Å²) in [6.07, 6.45) is 1.66. The molecule has 0 radical (unpaired) electrons. The molecule has 2 aromatic rings. The lowest BCUT2D eigenvalue weighted by Gasteiger charge is -2.28. The lowest BCUT2D eigenvalue weighted by molar-refractivity contribution is -0.0287. The molecule has 0 saturated carbocycles. The normalized spacial score (nSPS) is 12.3. The molecule has 104 valence electrons. The summed E-state index contributed by atoms with van der Waals surface area (Å²) in [6.45, 7) is 8.32. The standard InChI is InChI=1S/C14H21N3OS/c1-6-14(7-2,18-5)13-16-11(15)10-8(3)9(4)19-12(10)17-13/h6-7H2,1-5H3,(H2,15,16,17). The van der Waals surface area contributed by atoms with E-state index < -0.39 is 5.60 Å². The van der Waals surface area contributed by atoms with Crippen molar-refractivity contribution in [3.8, 4) is 0 Å². The van der Waals surface area contributed by atoms with Gasteiger partial charge in [0.25, 0.3) is 0 Å². The highest BCUT2D eigenvalue weighted by atomic mass is 32.1. The Morgan fingerprint density at radius 1 is 1.21 bits per heavy atom. The zero-order valence-electron chi connectivity index (χ0n) is 12.2. The monoisotopic (exact) mass is 279 g/mol. The molecular weight excluding hydrogens is 258 g/mol. The molecule has 0 saturated heterocycles. The number of nitrogens with two attached hydrogens (primary N) is 1. The highest BCUT2D eigenvalue weighted by Gasteiger charge is 2.32. The number of methoxy groups -OCH3 is 1. The highest BCUT2D eigenvalue weighted by Crippen LogP contribution is 2.36. The first kappa shape index (κ1) is 14.2. The van der Waals surface area contributed by atoms with Crippen LogP contribution < -0.4 is 5.73 Å². The first-order valence-electron chi connectivity index (χ1n) is 6.58. The van der Waals surface area contributed by atoms with Crippen LogP contribution in [0.1, 0.15) is 43.0 Å². The van der Waals surface area contributed by atoms with Crippen molar-refractivity contribution in [2.45, 2.75) is 46.1 Å². The van der Waals surface area contributed by atoms with Crippen LogP contribution in [-0.2, 0) is 10.3 Å². The van der Waals surface area contributed by atoms with Crippen LogP contribution in [-0.4, -0.2) is 17.1 Å². The van der Waals surface area contributed by atoms with E-state index in [1.54, 1.807) is 18.4 Å². The lowest BCUT2D eigenvalue weighted by atomic mass is 9.96. The second-order valence-electron chi connectivity index (χ2n) is 4.80. The van der Waals surface area contributed by atoms with E-state index in [2.05, 4.69) is 32.7 Å². The average Bonchev–Trinajstić information content (AvgIpc) is 2.68. The third-order valence-electron chi connectivity index (χ3n) is 4.00. The number of rotatable bonds is 4. The largest absolute Gasteiger partial charge is 0.383 e. The van der Waals surface area contributed by atoms with Crippen molar-refractivity contribution >= 4 is 27.4 Å². The molecule has 2 heterocycles. The Kier molecular flexibility index (Phi) is 3.78. The highest BCUT2D eigenvalue weighted by molar-refractivity contribution is 7.18. The summed E-state index contributed by atoms with van der Waals surface area (Å²) in [6, 6.07) is 0. The van der Waals surface area contributed by atoms with E-state index in [1.807, 2.05) is 0 Å². The molecule has 19 heavy (non-hydrogen) atoms. The van der Waals surface area contributed by atoms with Crippen molar-refractivity contribution in [1.82, 2.24) is 9.97 Å². The lowest BCUT2D eigenvalue weighted by Crippen LogP contribution is -2.29. The van der Waals surface area contributed by atoms with Gasteiger partial charge in [0.15, 0.2) is 5.82 Å². The molecule has 0 aliphatic carbocycles. The van der Waals surface area contributed by atoms with Gasteiger partial charge in [0, 0.05) is 12.0 Å². The van der Waals surface area contributed by atoms with Gasteiger partial charge >= 0.3 is 0 Å². The van der Waals surface area contributed by atoms with Crippen LogP contribution in [0.3, 0.4) is 0 Å². The van der Waals surface area contributed by atoms with Crippen LogP contribution in [0.15, 0.2) is 0 Å². The van der Waals surface area contributed by atoms with Crippen molar-refractivity contribution in [2.24, 2.45) is 0 Å². The van der Waals surface area contributed by atoms with Gasteiger partial charge in [0.1, 0.15) is 16.2 Å². The van der Waals surface area contributed by atoms with E-state index >= 15 is 0 Å². The molecule has 0 aliphatic heterocycles. The van der Waals surface area contributed by atoms with Crippen LogP contribution in [0, 0.1) is 13.8 Å². The molecule has 2 rings (SSSR count). The van der Waals surface area contributed by atoms with Gasteiger partial charge in [-0.05, 0) is 32.3 Å². The SMILES string of the molecule is CCC(CC)(OC)c1nc(N)c2c(C)c(C)sc2n1. The number of ether oxygens (including phenoxy) is 1. The summed E-state index contributed by atoms with van der Waals surface area (Å²) in [7, 11) is 1.71. The Bertz CT molecular complexity index is 594. The molecule has 0 fully saturated rings. The molecule has 2 N–H and O–H groups in total. The molecule has 2 aromatic heterocycles. The number of hydrogen-bond donors (Lipinski definition) is 1. The van der Waals surface area contributed by atoms with Gasteiger partial charge in [-0.3, -0.25) is 0 Å². The number of hydrogen-bond acceptors (Lipinski definition) is 5. The molecule has 0 spiro atoms.